The molecule has 1 aromatic carbocycles. The highest BCUT2D eigenvalue weighted by molar-refractivity contribution is 6.33. The number of hydrogen-bond acceptors (Lipinski definition) is 9. The van der Waals surface area contributed by atoms with E-state index < -0.39 is 5.97 Å². The molecule has 12 heteroatoms. The van der Waals surface area contributed by atoms with E-state index >= 15 is 0 Å². The molecular formula is C30H39ClN8O3. The molecule has 4 heterocycles. The Morgan fingerprint density at radius 1 is 1.10 bits per heavy atom. The molecule has 11 nitrogen and oxygen atoms in total. The normalized spacial score (nSPS) is 19.8. The van der Waals surface area contributed by atoms with Gasteiger partial charge in [0.05, 0.1) is 28.7 Å². The number of nitrogens with one attached hydrogen (secondary N) is 1. The fourth-order valence-electron chi connectivity index (χ4n) is 5.88. The maximum atomic E-state index is 9.00. The minimum absolute atomic E-state index is 0.289. The summed E-state index contributed by atoms with van der Waals surface area (Å²) in [5.74, 6) is 1.35. The fraction of sp³-hybridized carbons (Fsp3) is 0.467. The third-order valence-electron chi connectivity index (χ3n) is 8.08. The summed E-state index contributed by atoms with van der Waals surface area (Å²) in [5.41, 5.74) is 9.67. The van der Waals surface area contributed by atoms with Crippen LogP contribution in [0, 0.1) is 6.92 Å². The van der Waals surface area contributed by atoms with Crippen molar-refractivity contribution in [3.8, 4) is 11.3 Å². The van der Waals surface area contributed by atoms with E-state index in [0.29, 0.717) is 23.4 Å². The van der Waals surface area contributed by atoms with Crippen LogP contribution in [0.4, 0.5) is 11.5 Å². The maximum Gasteiger partial charge on any atom is 0.300 e. The Morgan fingerprint density at radius 2 is 1.79 bits per heavy atom. The molecule has 2 aliphatic rings. The van der Waals surface area contributed by atoms with E-state index in [-0.39, 0.29) is 6.04 Å². The molecule has 2 fully saturated rings. The molecule has 6 rings (SSSR count). The molecule has 4 aromatic rings. The molecule has 3 aromatic heterocycles. The van der Waals surface area contributed by atoms with E-state index in [0.717, 1.165) is 85.4 Å². The van der Waals surface area contributed by atoms with E-state index in [4.69, 9.17) is 36.8 Å². The van der Waals surface area contributed by atoms with E-state index in [1.807, 2.05) is 37.3 Å². The Balaban J connectivity index is 0.000000830. The van der Waals surface area contributed by atoms with E-state index in [2.05, 4.69) is 36.8 Å². The average Bonchev–Trinajstić information content (AvgIpc) is 3.57. The first kappa shape index (κ1) is 29.8. The van der Waals surface area contributed by atoms with Crippen molar-refractivity contribution in [1.29, 1.82) is 0 Å². The Bertz CT molecular complexity index is 1520. The second-order valence-electron chi connectivity index (χ2n) is 11.1. The lowest BCUT2D eigenvalue weighted by Crippen LogP contribution is -2.49. The summed E-state index contributed by atoms with van der Waals surface area (Å²) in [6, 6.07) is 10.8. The van der Waals surface area contributed by atoms with Crippen molar-refractivity contribution in [1.82, 2.24) is 29.5 Å². The van der Waals surface area contributed by atoms with Crippen molar-refractivity contribution >= 4 is 40.1 Å². The third-order valence-corrected chi connectivity index (χ3v) is 8.39. The zero-order valence-electron chi connectivity index (χ0n) is 24.4. The zero-order chi connectivity index (χ0) is 29.8. The number of carboxylic acid groups (broad SMARTS) is 1. The molecule has 1 saturated carbocycles. The van der Waals surface area contributed by atoms with Gasteiger partial charge in [-0.2, -0.15) is 5.10 Å². The number of likely N-dealkylation sites (N-methyl/N-ethyl adjacent to an activating group) is 1. The predicted molar refractivity (Wildman–Crippen MR) is 165 cm³/mol. The van der Waals surface area contributed by atoms with Crippen molar-refractivity contribution in [2.45, 2.75) is 58.2 Å². The second-order valence-corrected chi connectivity index (χ2v) is 11.5. The Hall–Kier alpha value is -3.67. The van der Waals surface area contributed by atoms with Gasteiger partial charge in [-0.1, -0.05) is 17.7 Å². The first-order valence-electron chi connectivity index (χ1n) is 14.4. The van der Waals surface area contributed by atoms with Gasteiger partial charge in [0, 0.05) is 44.7 Å². The number of nitrogens with zero attached hydrogens (tertiary/aromatic N) is 6. The number of furan rings is 1. The summed E-state index contributed by atoms with van der Waals surface area (Å²) in [5, 5.41) is 17.2. The van der Waals surface area contributed by atoms with Gasteiger partial charge < -0.3 is 25.5 Å². The van der Waals surface area contributed by atoms with Gasteiger partial charge in [-0.25, -0.2) is 14.6 Å². The van der Waals surface area contributed by atoms with Gasteiger partial charge in [-0.15, -0.1) is 0 Å². The molecule has 1 aliphatic carbocycles. The largest absolute Gasteiger partial charge is 0.481 e. The number of piperazine rings is 1. The minimum atomic E-state index is -0.833. The van der Waals surface area contributed by atoms with Crippen LogP contribution in [-0.4, -0.2) is 79.9 Å². The molecule has 1 saturated heterocycles. The molecule has 0 bridgehead atoms. The number of fused-ring (bicyclic) bond motifs is 1. The molecule has 42 heavy (non-hydrogen) atoms. The molecule has 0 amide bonds. The number of carboxylic acids is 1. The highest BCUT2D eigenvalue weighted by Crippen LogP contribution is 2.38. The van der Waals surface area contributed by atoms with Crippen LogP contribution >= 0.6 is 11.6 Å². The quantitative estimate of drug-likeness (QED) is 0.277. The van der Waals surface area contributed by atoms with Crippen LogP contribution in [0.25, 0.3) is 22.3 Å². The monoisotopic (exact) mass is 594 g/mol. The number of nitrogen functional groups attached to an aromatic ring is 1. The Labute approximate surface area is 250 Å². The van der Waals surface area contributed by atoms with Crippen LogP contribution in [0.15, 0.2) is 41.1 Å². The predicted octanol–water partition coefficient (Wildman–Crippen LogP) is 5.06. The zero-order valence-corrected chi connectivity index (χ0v) is 25.1. The van der Waals surface area contributed by atoms with Crippen LogP contribution in [0.1, 0.15) is 50.2 Å². The van der Waals surface area contributed by atoms with Gasteiger partial charge in [-0.05, 0) is 63.9 Å². The maximum absolute atomic E-state index is 9.00. The number of rotatable bonds is 6. The lowest BCUT2D eigenvalue weighted by molar-refractivity contribution is -0.134. The van der Waals surface area contributed by atoms with E-state index in [9.17, 15) is 0 Å². The van der Waals surface area contributed by atoms with Crippen LogP contribution in [0.2, 0.25) is 5.02 Å². The topological polar surface area (TPSA) is 139 Å². The van der Waals surface area contributed by atoms with Gasteiger partial charge in [0.25, 0.3) is 5.97 Å². The van der Waals surface area contributed by atoms with Gasteiger partial charge >= 0.3 is 0 Å². The van der Waals surface area contributed by atoms with Gasteiger partial charge in [0.2, 0.25) is 0 Å². The van der Waals surface area contributed by atoms with Gasteiger partial charge in [0.1, 0.15) is 29.4 Å². The number of benzene rings is 1. The minimum Gasteiger partial charge on any atom is -0.481 e. The lowest BCUT2D eigenvalue weighted by Gasteiger charge is -2.41. The number of hydrogen-bond donors (Lipinski definition) is 3. The SMILES string of the molecule is CC(=O)O.Cc1ccc(CNc2ccc(-c3nn(C4CCC(N5CCN(C)CC5)CC4)c4ncnc(N)c34)cc2Cl)o1. The summed E-state index contributed by atoms with van der Waals surface area (Å²) in [6.07, 6.45) is 6.03. The second kappa shape index (κ2) is 13.1. The molecule has 1 aliphatic heterocycles. The summed E-state index contributed by atoms with van der Waals surface area (Å²) in [7, 11) is 2.21. The highest BCUT2D eigenvalue weighted by Gasteiger charge is 2.30. The van der Waals surface area contributed by atoms with Crippen LogP contribution < -0.4 is 11.1 Å². The first-order valence-corrected chi connectivity index (χ1v) is 14.8. The summed E-state index contributed by atoms with van der Waals surface area (Å²) < 4.78 is 7.74. The standard InChI is InChI=1S/C28H35ClN8O.C2H4O2/c1-18-3-9-22(38-18)16-31-24-10-4-19(15-23(24)29)26-25-27(30)32-17-33-28(25)37(34-26)21-7-5-20(6-8-21)36-13-11-35(2)12-14-36;1-2(3)4/h3-4,9-10,15,17,20-21,31H,5-8,11-14,16H2,1-2H3,(H2,30,32,33);1H3,(H,3,4). The van der Waals surface area contributed by atoms with Crippen LogP contribution in [-0.2, 0) is 11.3 Å². The molecule has 0 atom stereocenters. The van der Waals surface area contributed by atoms with Crippen molar-refractivity contribution in [3.05, 3.63) is 53.2 Å². The van der Waals surface area contributed by atoms with Crippen LogP contribution in [0.3, 0.4) is 0 Å². The Morgan fingerprint density at radius 3 is 2.43 bits per heavy atom. The molecule has 0 unspecified atom stereocenters. The number of nitrogens with two attached hydrogens (primary N) is 1. The number of carbonyl (C=O) groups is 1. The first-order chi connectivity index (χ1) is 20.2. The average molecular weight is 595 g/mol. The Kier molecular flexibility index (Phi) is 9.30. The van der Waals surface area contributed by atoms with Crippen molar-refractivity contribution < 1.29 is 14.3 Å². The lowest BCUT2D eigenvalue weighted by atomic mass is 9.90. The van der Waals surface area contributed by atoms with Gasteiger partial charge in [0.15, 0.2) is 5.65 Å². The number of halogens is 1. The molecule has 224 valence electrons. The van der Waals surface area contributed by atoms with E-state index in [1.54, 1.807) is 0 Å². The van der Waals surface area contributed by atoms with E-state index in [1.165, 1.54) is 19.2 Å². The molecule has 4 N–H and O–H groups in total. The van der Waals surface area contributed by atoms with Crippen molar-refractivity contribution in [2.24, 2.45) is 0 Å². The number of aryl methyl sites for hydroxylation is 1. The fourth-order valence-corrected chi connectivity index (χ4v) is 6.12. The summed E-state index contributed by atoms with van der Waals surface area (Å²) in [4.78, 5) is 23.0. The smallest absolute Gasteiger partial charge is 0.300 e. The number of aliphatic carboxylic acids is 1. The molecular weight excluding hydrogens is 556 g/mol. The number of anilines is 2. The summed E-state index contributed by atoms with van der Waals surface area (Å²) in [6.45, 7) is 8.21. The molecule has 0 radical (unpaired) electrons. The number of aromatic nitrogens is 4. The summed E-state index contributed by atoms with van der Waals surface area (Å²) >= 11 is 6.70. The van der Waals surface area contributed by atoms with Crippen molar-refractivity contribution in [3.63, 3.8) is 0 Å². The van der Waals surface area contributed by atoms with Gasteiger partial charge in [-0.3, -0.25) is 9.69 Å². The van der Waals surface area contributed by atoms with Crippen LogP contribution in [0.5, 0.6) is 0 Å². The highest BCUT2D eigenvalue weighted by atomic mass is 35.5. The molecule has 0 spiro atoms. The third kappa shape index (κ3) is 6.86. The van der Waals surface area contributed by atoms with Crippen molar-refractivity contribution in [2.75, 3.05) is 44.3 Å².